The zero-order chi connectivity index (χ0) is 17.7. The molecule has 0 radical (unpaired) electrons. The summed E-state index contributed by atoms with van der Waals surface area (Å²) >= 11 is 0. The molecule has 1 aliphatic carbocycles. The number of carbonyl (C=O) groups is 1. The quantitative estimate of drug-likeness (QED) is 0.776. The van der Waals surface area contributed by atoms with Crippen molar-refractivity contribution in [3.8, 4) is 0 Å². The van der Waals surface area contributed by atoms with Crippen LogP contribution in [-0.4, -0.2) is 36.4 Å². The fourth-order valence-corrected chi connectivity index (χ4v) is 3.61. The van der Waals surface area contributed by atoms with Gasteiger partial charge in [-0.15, -0.1) is 12.4 Å². The maximum absolute atomic E-state index is 15.3. The van der Waals surface area contributed by atoms with Crippen LogP contribution >= 0.6 is 12.4 Å². The number of rotatable bonds is 3. The van der Waals surface area contributed by atoms with Crippen LogP contribution in [0.5, 0.6) is 0 Å². The lowest BCUT2D eigenvalue weighted by Gasteiger charge is -2.31. The van der Waals surface area contributed by atoms with Gasteiger partial charge in [-0.25, -0.2) is 13.6 Å². The first-order chi connectivity index (χ1) is 11.9. The second-order valence-electron chi connectivity index (χ2n) is 6.80. The van der Waals surface area contributed by atoms with E-state index < -0.39 is 17.8 Å². The topological polar surface area (TPSA) is 79.0 Å². The second kappa shape index (κ2) is 6.92. The molecule has 0 aromatic heterocycles. The van der Waals surface area contributed by atoms with E-state index in [4.69, 9.17) is 15.6 Å². The van der Waals surface area contributed by atoms with Crippen molar-refractivity contribution in [1.29, 1.82) is 0 Å². The molecule has 142 valence electrons. The molecule has 1 aromatic rings. The molecule has 1 aromatic carbocycles. The van der Waals surface area contributed by atoms with Crippen molar-refractivity contribution in [2.75, 3.05) is 22.9 Å². The minimum Gasteiger partial charge on any atom is -0.449 e. The molecule has 2 fully saturated rings. The first-order valence-electron chi connectivity index (χ1n) is 8.35. The maximum Gasteiger partial charge on any atom is 0.511 e. The SMILES string of the molecule is Cl.NC1CCN(c2c(F)cc3c(c2F)N(C2CC2)C=C(OC(=O)O)C3)C1. The van der Waals surface area contributed by atoms with Crippen LogP contribution in [0, 0.1) is 11.6 Å². The maximum atomic E-state index is 15.3. The van der Waals surface area contributed by atoms with Crippen molar-refractivity contribution in [3.63, 3.8) is 0 Å². The largest absolute Gasteiger partial charge is 0.511 e. The molecule has 3 N–H and O–H groups in total. The van der Waals surface area contributed by atoms with Crippen molar-refractivity contribution in [1.82, 2.24) is 0 Å². The van der Waals surface area contributed by atoms with Gasteiger partial charge in [0.05, 0.1) is 5.69 Å². The molecule has 0 spiro atoms. The molecular weight excluding hydrogens is 368 g/mol. The third kappa shape index (κ3) is 3.31. The fraction of sp³-hybridized carbons (Fsp3) is 0.471. The summed E-state index contributed by atoms with van der Waals surface area (Å²) in [5, 5.41) is 8.83. The molecule has 4 rings (SSSR count). The summed E-state index contributed by atoms with van der Waals surface area (Å²) in [7, 11) is 0. The normalized spacial score (nSPS) is 21.8. The monoisotopic (exact) mass is 387 g/mol. The van der Waals surface area contributed by atoms with E-state index in [9.17, 15) is 9.18 Å². The Morgan fingerprint density at radius 2 is 2.00 bits per heavy atom. The molecule has 1 saturated heterocycles. The Bertz CT molecular complexity index is 770. The highest BCUT2D eigenvalue weighted by Crippen LogP contribution is 2.44. The highest BCUT2D eigenvalue weighted by Gasteiger charge is 2.37. The minimum absolute atomic E-state index is 0. The van der Waals surface area contributed by atoms with Crippen LogP contribution in [0.4, 0.5) is 25.0 Å². The van der Waals surface area contributed by atoms with Gasteiger partial charge in [0.25, 0.3) is 0 Å². The number of ether oxygens (including phenoxy) is 1. The highest BCUT2D eigenvalue weighted by molar-refractivity contribution is 5.85. The summed E-state index contributed by atoms with van der Waals surface area (Å²) in [4.78, 5) is 14.1. The van der Waals surface area contributed by atoms with Gasteiger partial charge in [-0.2, -0.15) is 0 Å². The highest BCUT2D eigenvalue weighted by atomic mass is 35.5. The van der Waals surface area contributed by atoms with Gasteiger partial charge in [-0.05, 0) is 30.9 Å². The Balaban J connectivity index is 0.00000196. The van der Waals surface area contributed by atoms with Crippen LogP contribution < -0.4 is 15.5 Å². The molecule has 1 unspecified atom stereocenters. The van der Waals surface area contributed by atoms with Crippen LogP contribution in [0.25, 0.3) is 0 Å². The van der Waals surface area contributed by atoms with Crippen molar-refractivity contribution >= 4 is 29.9 Å². The number of allylic oxidation sites excluding steroid dienone is 1. The number of benzene rings is 1. The average molecular weight is 388 g/mol. The van der Waals surface area contributed by atoms with E-state index in [-0.39, 0.29) is 42.4 Å². The third-order valence-electron chi connectivity index (χ3n) is 4.85. The lowest BCUT2D eigenvalue weighted by molar-refractivity contribution is 0.116. The summed E-state index contributed by atoms with van der Waals surface area (Å²) < 4.78 is 34.6. The number of carboxylic acid groups (broad SMARTS) is 1. The lowest BCUT2D eigenvalue weighted by atomic mass is 10.0. The molecule has 2 heterocycles. The molecule has 1 saturated carbocycles. The van der Waals surface area contributed by atoms with Gasteiger partial charge < -0.3 is 25.4 Å². The molecule has 6 nitrogen and oxygen atoms in total. The summed E-state index contributed by atoms with van der Waals surface area (Å²) in [6.45, 7) is 0.930. The van der Waals surface area contributed by atoms with Gasteiger partial charge in [-0.1, -0.05) is 0 Å². The Morgan fingerprint density at radius 1 is 1.27 bits per heavy atom. The van der Waals surface area contributed by atoms with Gasteiger partial charge in [0, 0.05) is 37.8 Å². The number of fused-ring (bicyclic) bond motifs is 1. The first kappa shape index (κ1) is 18.7. The summed E-state index contributed by atoms with van der Waals surface area (Å²) in [6.07, 6.45) is 2.56. The molecule has 0 bridgehead atoms. The van der Waals surface area contributed by atoms with Gasteiger partial charge in [0.15, 0.2) is 5.82 Å². The number of nitrogens with two attached hydrogens (primary N) is 1. The predicted octanol–water partition coefficient (Wildman–Crippen LogP) is 2.98. The van der Waals surface area contributed by atoms with Crippen molar-refractivity contribution in [2.24, 2.45) is 5.73 Å². The average Bonchev–Trinajstić information content (AvgIpc) is 3.28. The molecule has 1 atom stereocenters. The zero-order valence-corrected chi connectivity index (χ0v) is 14.8. The minimum atomic E-state index is -1.44. The molecule has 3 aliphatic rings. The standard InChI is InChI=1S/C17H19F2N3O3.ClH/c18-13-6-9-5-12(25-17(23)24)8-22(11-1-2-11)15(9)14(19)16(13)21-4-3-10(20)7-21;/h6,8,10-11H,1-5,7,20H2,(H,23,24);1H. The smallest absolute Gasteiger partial charge is 0.449 e. The van der Waals surface area contributed by atoms with Crippen LogP contribution in [0.3, 0.4) is 0 Å². The van der Waals surface area contributed by atoms with E-state index >= 15 is 4.39 Å². The number of hydrogen-bond acceptors (Lipinski definition) is 5. The number of nitrogens with zero attached hydrogens (tertiary/aromatic N) is 2. The number of anilines is 2. The fourth-order valence-electron chi connectivity index (χ4n) is 3.61. The first-order valence-corrected chi connectivity index (χ1v) is 8.35. The van der Waals surface area contributed by atoms with Gasteiger partial charge >= 0.3 is 6.16 Å². The van der Waals surface area contributed by atoms with Crippen molar-refractivity contribution in [3.05, 3.63) is 35.2 Å². The van der Waals surface area contributed by atoms with Crippen LogP contribution in [-0.2, 0) is 11.2 Å². The van der Waals surface area contributed by atoms with Gasteiger partial charge in [-0.3, -0.25) is 0 Å². The van der Waals surface area contributed by atoms with E-state index in [1.165, 1.54) is 12.3 Å². The number of halogens is 3. The van der Waals surface area contributed by atoms with E-state index in [1.54, 1.807) is 9.80 Å². The van der Waals surface area contributed by atoms with Crippen molar-refractivity contribution in [2.45, 2.75) is 37.8 Å². The molecule has 2 aliphatic heterocycles. The zero-order valence-electron chi connectivity index (χ0n) is 14.0. The summed E-state index contributed by atoms with van der Waals surface area (Å²) in [6, 6.07) is 1.27. The Morgan fingerprint density at radius 3 is 2.58 bits per heavy atom. The van der Waals surface area contributed by atoms with Gasteiger partial charge in [0.2, 0.25) is 0 Å². The van der Waals surface area contributed by atoms with E-state index in [1.807, 2.05) is 0 Å². The summed E-state index contributed by atoms with van der Waals surface area (Å²) in [5.41, 5.74) is 6.54. The lowest BCUT2D eigenvalue weighted by Crippen LogP contribution is -2.31. The van der Waals surface area contributed by atoms with E-state index in [2.05, 4.69) is 0 Å². The van der Waals surface area contributed by atoms with E-state index in [0.717, 1.165) is 12.8 Å². The Labute approximate surface area is 155 Å². The summed E-state index contributed by atoms with van der Waals surface area (Å²) in [5.74, 6) is -1.10. The Hall–Kier alpha value is -2.06. The van der Waals surface area contributed by atoms with Crippen LogP contribution in [0.15, 0.2) is 18.0 Å². The van der Waals surface area contributed by atoms with E-state index in [0.29, 0.717) is 30.8 Å². The van der Waals surface area contributed by atoms with Crippen molar-refractivity contribution < 1.29 is 23.4 Å². The third-order valence-corrected chi connectivity index (χ3v) is 4.85. The van der Waals surface area contributed by atoms with Gasteiger partial charge in [0.1, 0.15) is 17.3 Å². The molecule has 0 amide bonds. The molecule has 26 heavy (non-hydrogen) atoms. The molecule has 9 heteroatoms. The molecular formula is C17H20ClF2N3O3. The number of hydrogen-bond donors (Lipinski definition) is 2. The second-order valence-corrected chi connectivity index (χ2v) is 6.80. The Kier molecular flexibility index (Phi) is 4.98. The van der Waals surface area contributed by atoms with Crippen LogP contribution in [0.1, 0.15) is 24.8 Å². The van der Waals surface area contributed by atoms with Crippen LogP contribution in [0.2, 0.25) is 0 Å². The predicted molar refractivity (Wildman–Crippen MR) is 94.8 cm³/mol.